The summed E-state index contributed by atoms with van der Waals surface area (Å²) < 4.78 is 11.3. The first kappa shape index (κ1) is 51.4. The zero-order valence-corrected chi connectivity index (χ0v) is 37.2. The molecule has 10 atom stereocenters. The van der Waals surface area contributed by atoms with E-state index >= 15 is 0 Å². The number of aliphatic hydroxyl groups excluding tert-OH is 8. The van der Waals surface area contributed by atoms with Crippen LogP contribution < -0.4 is 5.32 Å². The van der Waals surface area contributed by atoms with Crippen LogP contribution in [0.5, 0.6) is 0 Å². The Morgan fingerprint density at radius 3 is 1.18 bits per heavy atom. The monoisotopic (exact) mass is 909 g/mol. The van der Waals surface area contributed by atoms with Crippen molar-refractivity contribution in [3.8, 4) is 0 Å². The minimum Gasteiger partial charge on any atom is -0.394 e. The van der Waals surface area contributed by atoms with Crippen molar-refractivity contribution >= 4 is 47.6 Å². The maximum absolute atomic E-state index is 12.2. The summed E-state index contributed by atoms with van der Waals surface area (Å²) in [5, 5.41) is 82.3. The van der Waals surface area contributed by atoms with E-state index in [0.717, 1.165) is 11.1 Å². The normalized spacial score (nSPS) is 25.3. The van der Waals surface area contributed by atoms with Crippen LogP contribution in [0, 0.1) is 0 Å². The molecule has 0 aromatic heterocycles. The van der Waals surface area contributed by atoms with Crippen LogP contribution in [0.1, 0.15) is 127 Å². The van der Waals surface area contributed by atoms with Crippen LogP contribution in [0.4, 0.5) is 0 Å². The molecule has 352 valence electrons. The van der Waals surface area contributed by atoms with Gasteiger partial charge in [0.2, 0.25) is 0 Å². The zero-order valence-electron chi connectivity index (χ0n) is 37.2. The summed E-state index contributed by atoms with van der Waals surface area (Å²) in [6, 6.07) is 24.2. The van der Waals surface area contributed by atoms with E-state index in [9.17, 15) is 60.0 Å². The Morgan fingerprint density at radius 2 is 0.833 bits per heavy atom. The van der Waals surface area contributed by atoms with E-state index in [2.05, 4.69) is 5.32 Å². The Bertz CT molecular complexity index is 2160. The summed E-state index contributed by atoms with van der Waals surface area (Å²) >= 11 is 0. The number of amides is 1. The second-order valence-corrected chi connectivity index (χ2v) is 16.1. The number of benzene rings is 4. The molecule has 2 aliphatic heterocycles. The smallest absolute Gasteiger partial charge is 0.251 e. The lowest BCUT2D eigenvalue weighted by Crippen LogP contribution is -2.55. The quantitative estimate of drug-likeness (QED) is 0.0606. The molecule has 4 aromatic carbocycles. The molecule has 6 rings (SSSR count). The lowest BCUT2D eigenvalue weighted by atomic mass is 9.90. The van der Waals surface area contributed by atoms with Gasteiger partial charge in [0.05, 0.1) is 13.2 Å². The molecule has 4 aromatic rings. The number of hydrogen-bond acceptors (Lipinski definition) is 14. The molecular weight excluding hydrogens is 851 g/mol. The fourth-order valence-corrected chi connectivity index (χ4v) is 7.68. The number of hydrogen-bond donors (Lipinski definition) is 9. The van der Waals surface area contributed by atoms with E-state index in [0.29, 0.717) is 63.8 Å². The first-order chi connectivity index (χ1) is 31.6. The van der Waals surface area contributed by atoms with Gasteiger partial charge in [0.15, 0.2) is 17.3 Å². The number of carbonyl (C=O) groups excluding carboxylic acids is 4. The van der Waals surface area contributed by atoms with Crippen LogP contribution in [-0.4, -0.2) is 133 Å². The van der Waals surface area contributed by atoms with Crippen LogP contribution >= 0.6 is 0 Å². The van der Waals surface area contributed by atoms with Gasteiger partial charge in [-0.2, -0.15) is 0 Å². The molecule has 66 heavy (non-hydrogen) atoms. The predicted octanol–water partition coefficient (Wildman–Crippen LogP) is 3.88. The van der Waals surface area contributed by atoms with Crippen LogP contribution in [-0.2, 0) is 9.47 Å². The Balaban J connectivity index is 0.000000247. The largest absolute Gasteiger partial charge is 0.394 e. The van der Waals surface area contributed by atoms with Crippen molar-refractivity contribution in [2.75, 3.05) is 20.3 Å². The maximum atomic E-state index is 12.2. The first-order valence-electron chi connectivity index (χ1n) is 21.9. The van der Waals surface area contributed by atoms with E-state index in [-0.39, 0.29) is 23.3 Å². The summed E-state index contributed by atoms with van der Waals surface area (Å²) in [6.45, 7) is 4.32. The molecule has 1 amide bonds. The molecule has 0 radical (unpaired) electrons. The van der Waals surface area contributed by atoms with Crippen LogP contribution in [0.3, 0.4) is 0 Å². The van der Waals surface area contributed by atoms with E-state index < -0.39 is 74.3 Å². The molecule has 0 saturated carbocycles. The number of nitrogens with one attached hydrogen (secondary N) is 1. The van der Waals surface area contributed by atoms with Crippen molar-refractivity contribution in [2.24, 2.45) is 0 Å². The molecule has 15 heteroatoms. The van der Waals surface area contributed by atoms with Gasteiger partial charge < -0.3 is 55.6 Å². The van der Waals surface area contributed by atoms with Crippen LogP contribution in [0.25, 0.3) is 24.3 Å². The molecule has 0 aliphatic carbocycles. The van der Waals surface area contributed by atoms with Crippen molar-refractivity contribution in [1.29, 1.82) is 0 Å². The third-order valence-electron chi connectivity index (χ3n) is 11.5. The van der Waals surface area contributed by atoms with Crippen molar-refractivity contribution < 1.29 is 69.5 Å². The summed E-state index contributed by atoms with van der Waals surface area (Å²) in [5.74, 6) is -0.444. The van der Waals surface area contributed by atoms with Gasteiger partial charge >= 0.3 is 0 Å². The minimum absolute atomic E-state index is 0.0416. The van der Waals surface area contributed by atoms with Crippen molar-refractivity contribution in [3.63, 3.8) is 0 Å². The summed E-state index contributed by atoms with van der Waals surface area (Å²) in [7, 11) is 1.52. The summed E-state index contributed by atoms with van der Waals surface area (Å²) in [5.41, 5.74) is 5.85. The summed E-state index contributed by atoms with van der Waals surface area (Å²) in [4.78, 5) is 48.8. The van der Waals surface area contributed by atoms with Gasteiger partial charge in [-0.3, -0.25) is 19.2 Å². The van der Waals surface area contributed by atoms with Crippen molar-refractivity contribution in [2.45, 2.75) is 101 Å². The van der Waals surface area contributed by atoms with Crippen LogP contribution in [0.2, 0.25) is 0 Å². The van der Waals surface area contributed by atoms with Crippen molar-refractivity contribution in [3.05, 3.63) is 141 Å². The third kappa shape index (κ3) is 12.5. The Labute approximate surface area is 383 Å². The molecule has 2 saturated heterocycles. The maximum Gasteiger partial charge on any atom is 0.251 e. The Hall–Kier alpha value is -5.56. The second kappa shape index (κ2) is 23.8. The average Bonchev–Trinajstić information content (AvgIpc) is 3.35. The molecule has 0 unspecified atom stereocenters. The van der Waals surface area contributed by atoms with Gasteiger partial charge in [-0.1, -0.05) is 81.5 Å². The standard InChI is InChI=1S/C26H30O7.C25H29NO7/c1-3-20(28)18-11-16(12-19(13-18)21(29)4-2)9-8-15-6-5-7-17(10-15)26-25(32)24(31)23(30)22(14-27)33-26;1-3-19(28)17-10-15(11-18(12-17)25(32)26-2)8-7-14-5-4-6-16(9-14)24-23(31)22(30)21(29)20(13-27)33-24/h5-13,22-27,30-32H,3-4,14H2,1-2H3;4-12,20-24,27,29-31H,3,13H2,1-2H3,(H,26,32)/b9-8-;8-7+/t22-,23-,24+,25+,26-;20-,21-,22+,23+,24-/m11/s1. The fraction of sp³-hybridized carbons (Fsp3) is 0.373. The Kier molecular flexibility index (Phi) is 18.5. The van der Waals surface area contributed by atoms with E-state index in [1.54, 1.807) is 112 Å². The van der Waals surface area contributed by atoms with E-state index in [4.69, 9.17) is 9.47 Å². The topological polar surface area (TPSA) is 261 Å². The molecule has 0 bridgehead atoms. The zero-order chi connectivity index (χ0) is 48.2. The second-order valence-electron chi connectivity index (χ2n) is 16.1. The summed E-state index contributed by atoms with van der Waals surface area (Å²) in [6.07, 6.45) is -4.13. The highest BCUT2D eigenvalue weighted by Crippen LogP contribution is 2.34. The van der Waals surface area contributed by atoms with Gasteiger partial charge in [0.1, 0.15) is 61.0 Å². The van der Waals surface area contributed by atoms with Crippen molar-refractivity contribution in [1.82, 2.24) is 5.32 Å². The minimum atomic E-state index is -1.46. The van der Waals surface area contributed by atoms with Crippen LogP contribution in [0.15, 0.2) is 84.9 Å². The molecule has 15 nitrogen and oxygen atoms in total. The SMILES string of the molecule is CCC(=O)c1cc(/C=C/c2cccc([C@H]3O[C@H](CO)[C@@H](O)[C@H](O)[C@@H]3O)c2)cc(C(=O)NC)c1.CCC(=O)c1cc(/C=C\c2cccc([C@H]3O[C@H](CO)[C@@H](O)[C@H](O)[C@@H]3O)c2)cc(C(=O)CC)c1. The van der Waals surface area contributed by atoms with E-state index in [1.807, 2.05) is 18.2 Å². The number of aliphatic hydroxyl groups is 8. The molecular formula is C51H59NO14. The highest BCUT2D eigenvalue weighted by atomic mass is 16.6. The number of ether oxygens (including phenoxy) is 2. The highest BCUT2D eigenvalue weighted by Gasteiger charge is 2.45. The average molecular weight is 910 g/mol. The van der Waals surface area contributed by atoms with E-state index in [1.165, 1.54) is 7.05 Å². The predicted molar refractivity (Wildman–Crippen MR) is 246 cm³/mol. The molecule has 0 spiro atoms. The number of carbonyl (C=O) groups is 4. The van der Waals surface area contributed by atoms with Gasteiger partial charge in [-0.15, -0.1) is 0 Å². The fourth-order valence-electron chi connectivity index (χ4n) is 7.68. The number of ketones is 3. The van der Waals surface area contributed by atoms with Gasteiger partial charge in [0.25, 0.3) is 5.91 Å². The molecule has 2 fully saturated rings. The molecule has 9 N–H and O–H groups in total. The lowest BCUT2D eigenvalue weighted by molar-refractivity contribution is -0.231. The molecule has 2 aliphatic rings. The van der Waals surface area contributed by atoms with Gasteiger partial charge in [-0.05, 0) is 81.9 Å². The first-order valence-corrected chi connectivity index (χ1v) is 21.9. The van der Waals surface area contributed by atoms with Gasteiger partial charge in [-0.25, -0.2) is 0 Å². The molecule has 2 heterocycles. The highest BCUT2D eigenvalue weighted by molar-refractivity contribution is 6.03. The lowest BCUT2D eigenvalue weighted by Gasteiger charge is -2.40. The van der Waals surface area contributed by atoms with Gasteiger partial charge in [0, 0.05) is 48.6 Å². The Morgan fingerprint density at radius 1 is 0.485 bits per heavy atom. The number of Topliss-reactive ketones (excluding diaryl/α,β-unsaturated/α-hetero) is 3. The third-order valence-corrected chi connectivity index (χ3v) is 11.5. The number of rotatable bonds is 15.